The third kappa shape index (κ3) is 8.95. The number of nitrogens with one attached hydrogen (secondary N) is 1. The molecule has 0 radical (unpaired) electrons. The second-order valence-corrected chi connectivity index (χ2v) is 14.7. The van der Waals surface area contributed by atoms with Crippen LogP contribution in [0.25, 0.3) is 0 Å². The van der Waals surface area contributed by atoms with Crippen LogP contribution in [0.1, 0.15) is 48.8 Å². The van der Waals surface area contributed by atoms with Crippen LogP contribution >= 0.6 is 23.2 Å². The van der Waals surface area contributed by atoms with Crippen molar-refractivity contribution in [2.24, 2.45) is 0 Å². The van der Waals surface area contributed by atoms with E-state index in [0.29, 0.717) is 10.0 Å². The molecule has 1 aliphatic carbocycles. The van der Waals surface area contributed by atoms with Crippen molar-refractivity contribution in [3.8, 4) is 0 Å². The number of hydrogen-bond acceptors (Lipinski definition) is 4. The molecular weight excluding hydrogens is 653 g/mol. The Morgan fingerprint density at radius 1 is 0.830 bits per heavy atom. The third-order valence-corrected chi connectivity index (χ3v) is 11.0. The molecule has 10 heteroatoms. The van der Waals surface area contributed by atoms with Crippen molar-refractivity contribution in [3.05, 3.63) is 130 Å². The Labute approximate surface area is 287 Å². The lowest BCUT2D eigenvalue weighted by Gasteiger charge is -2.35. The molecule has 0 aromatic heterocycles. The summed E-state index contributed by atoms with van der Waals surface area (Å²) >= 11 is 12.6. The highest BCUT2D eigenvalue weighted by Crippen LogP contribution is 2.29. The van der Waals surface area contributed by atoms with Gasteiger partial charge >= 0.3 is 0 Å². The summed E-state index contributed by atoms with van der Waals surface area (Å²) in [6.07, 6.45) is 5.22. The number of halogens is 2. The molecule has 4 aromatic carbocycles. The Balaban J connectivity index is 1.56. The van der Waals surface area contributed by atoms with Crippen molar-refractivity contribution in [1.82, 2.24) is 10.2 Å². The molecule has 47 heavy (non-hydrogen) atoms. The van der Waals surface area contributed by atoms with Gasteiger partial charge in [-0.2, -0.15) is 0 Å². The SMILES string of the molecule is Cc1ccc(N(CC(=O)N(Cc2ccc(Cl)cc2)C(Cc2ccccc2)C(=O)NC2CCCCC2)S(=O)(=O)c2ccccc2)cc1Cl. The Kier molecular flexibility index (Phi) is 11.6. The Bertz CT molecular complexity index is 1760. The van der Waals surface area contributed by atoms with Gasteiger partial charge in [-0.1, -0.05) is 109 Å². The van der Waals surface area contributed by atoms with Crippen molar-refractivity contribution in [1.29, 1.82) is 0 Å². The summed E-state index contributed by atoms with van der Waals surface area (Å²) < 4.78 is 29.4. The average Bonchev–Trinajstić information content (AvgIpc) is 3.08. The van der Waals surface area contributed by atoms with Gasteiger partial charge in [0, 0.05) is 29.1 Å². The van der Waals surface area contributed by atoms with Crippen molar-refractivity contribution in [2.75, 3.05) is 10.8 Å². The summed E-state index contributed by atoms with van der Waals surface area (Å²) in [5, 5.41) is 4.13. The minimum atomic E-state index is -4.21. The number of nitrogens with zero attached hydrogens (tertiary/aromatic N) is 2. The number of carbonyl (C=O) groups excluding carboxylic acids is 2. The van der Waals surface area contributed by atoms with E-state index in [0.717, 1.165) is 53.1 Å². The number of hydrogen-bond donors (Lipinski definition) is 1. The number of benzene rings is 4. The third-order valence-electron chi connectivity index (χ3n) is 8.54. The van der Waals surface area contributed by atoms with E-state index in [-0.39, 0.29) is 35.5 Å². The van der Waals surface area contributed by atoms with Gasteiger partial charge in [0.2, 0.25) is 11.8 Å². The van der Waals surface area contributed by atoms with Crippen LogP contribution in [0.4, 0.5) is 5.69 Å². The monoisotopic (exact) mass is 691 g/mol. The fourth-order valence-corrected chi connectivity index (χ4v) is 7.60. The lowest BCUT2D eigenvalue weighted by atomic mass is 9.94. The van der Waals surface area contributed by atoms with Gasteiger partial charge in [-0.25, -0.2) is 8.42 Å². The predicted molar refractivity (Wildman–Crippen MR) is 188 cm³/mol. The molecule has 2 amide bonds. The quantitative estimate of drug-likeness (QED) is 0.166. The molecule has 0 bridgehead atoms. The summed E-state index contributed by atoms with van der Waals surface area (Å²) in [6.45, 7) is 1.34. The summed E-state index contributed by atoms with van der Waals surface area (Å²) in [5.41, 5.74) is 2.65. The minimum absolute atomic E-state index is 0.0201. The van der Waals surface area contributed by atoms with E-state index < -0.39 is 28.5 Å². The molecule has 7 nitrogen and oxygen atoms in total. The molecule has 1 aliphatic rings. The van der Waals surface area contributed by atoms with Crippen molar-refractivity contribution in [3.63, 3.8) is 0 Å². The van der Waals surface area contributed by atoms with Gasteiger partial charge in [-0.15, -0.1) is 0 Å². The molecule has 1 atom stereocenters. The molecular formula is C37H39Cl2N3O4S. The maximum absolute atomic E-state index is 14.6. The molecule has 1 saturated carbocycles. The van der Waals surface area contributed by atoms with Crippen LogP contribution in [-0.2, 0) is 32.6 Å². The Morgan fingerprint density at radius 2 is 1.47 bits per heavy atom. The first-order valence-corrected chi connectivity index (χ1v) is 18.0. The van der Waals surface area contributed by atoms with Crippen molar-refractivity contribution >= 4 is 50.7 Å². The normalized spacial score (nSPS) is 14.3. The largest absolute Gasteiger partial charge is 0.352 e. The van der Waals surface area contributed by atoms with E-state index >= 15 is 0 Å². The van der Waals surface area contributed by atoms with E-state index in [4.69, 9.17) is 23.2 Å². The van der Waals surface area contributed by atoms with E-state index in [9.17, 15) is 18.0 Å². The fourth-order valence-electron chi connectivity index (χ4n) is 5.87. The average molecular weight is 693 g/mol. The second-order valence-electron chi connectivity index (χ2n) is 12.0. The molecule has 0 spiro atoms. The molecule has 0 saturated heterocycles. The topological polar surface area (TPSA) is 86.8 Å². The first-order chi connectivity index (χ1) is 22.6. The van der Waals surface area contributed by atoms with Crippen LogP contribution < -0.4 is 9.62 Å². The van der Waals surface area contributed by atoms with Gasteiger partial charge in [-0.05, 0) is 72.9 Å². The van der Waals surface area contributed by atoms with Crippen molar-refractivity contribution in [2.45, 2.75) is 69.0 Å². The maximum Gasteiger partial charge on any atom is 0.264 e. The number of rotatable bonds is 12. The van der Waals surface area contributed by atoms with Gasteiger partial charge in [0.25, 0.3) is 10.0 Å². The van der Waals surface area contributed by atoms with E-state index in [1.165, 1.54) is 17.0 Å². The van der Waals surface area contributed by atoms with E-state index in [2.05, 4.69) is 5.32 Å². The van der Waals surface area contributed by atoms with Gasteiger partial charge in [-0.3, -0.25) is 13.9 Å². The lowest BCUT2D eigenvalue weighted by Crippen LogP contribution is -2.55. The first-order valence-electron chi connectivity index (χ1n) is 15.8. The zero-order valence-corrected chi connectivity index (χ0v) is 28.6. The molecule has 1 fully saturated rings. The van der Waals surface area contributed by atoms with Crippen LogP contribution in [-0.4, -0.2) is 43.8 Å². The second kappa shape index (κ2) is 15.8. The zero-order valence-electron chi connectivity index (χ0n) is 26.3. The molecule has 0 heterocycles. The van der Waals surface area contributed by atoms with Crippen LogP contribution in [0, 0.1) is 6.92 Å². The number of sulfonamides is 1. The number of aryl methyl sites for hydroxylation is 1. The van der Waals surface area contributed by atoms with Crippen LogP contribution in [0.3, 0.4) is 0 Å². The fraction of sp³-hybridized carbons (Fsp3) is 0.297. The molecule has 1 unspecified atom stereocenters. The highest BCUT2D eigenvalue weighted by Gasteiger charge is 2.35. The summed E-state index contributed by atoms with van der Waals surface area (Å²) in [4.78, 5) is 30.4. The first kappa shape index (κ1) is 34.5. The van der Waals surface area contributed by atoms with Gasteiger partial charge in [0.15, 0.2) is 0 Å². The number of amides is 2. The summed E-state index contributed by atoms with van der Waals surface area (Å²) in [5.74, 6) is -0.796. The Hall–Kier alpha value is -3.85. The van der Waals surface area contributed by atoms with Gasteiger partial charge < -0.3 is 10.2 Å². The summed E-state index contributed by atoms with van der Waals surface area (Å²) in [6, 6.07) is 28.6. The molecule has 1 N–H and O–H groups in total. The van der Waals surface area contributed by atoms with Crippen LogP contribution in [0.15, 0.2) is 108 Å². The van der Waals surface area contributed by atoms with E-state index in [1.54, 1.807) is 60.7 Å². The maximum atomic E-state index is 14.6. The zero-order chi connectivity index (χ0) is 33.4. The molecule has 5 rings (SSSR count). The van der Waals surface area contributed by atoms with Gasteiger partial charge in [0.05, 0.1) is 10.6 Å². The van der Waals surface area contributed by atoms with Crippen LogP contribution in [0.2, 0.25) is 10.0 Å². The highest BCUT2D eigenvalue weighted by atomic mass is 35.5. The smallest absolute Gasteiger partial charge is 0.264 e. The molecule has 0 aliphatic heterocycles. The minimum Gasteiger partial charge on any atom is -0.352 e. The van der Waals surface area contributed by atoms with Crippen LogP contribution in [0.5, 0.6) is 0 Å². The number of carbonyl (C=O) groups is 2. The number of anilines is 1. The predicted octanol–water partition coefficient (Wildman–Crippen LogP) is 7.59. The Morgan fingerprint density at radius 3 is 2.11 bits per heavy atom. The van der Waals surface area contributed by atoms with Crippen molar-refractivity contribution < 1.29 is 18.0 Å². The lowest BCUT2D eigenvalue weighted by molar-refractivity contribution is -0.140. The molecule has 246 valence electrons. The van der Waals surface area contributed by atoms with E-state index in [1.807, 2.05) is 37.3 Å². The van der Waals surface area contributed by atoms with Gasteiger partial charge in [0.1, 0.15) is 12.6 Å². The standard InChI is InChI=1S/C37H39Cl2N3O4S/c1-27-17-22-32(24-34(27)39)42(47(45,46)33-15-9-4-10-16-33)26-36(43)41(25-29-18-20-30(38)21-19-29)35(23-28-11-5-2-6-12-28)37(44)40-31-13-7-3-8-14-31/h2,4-6,9-12,15-22,24,31,35H,3,7-8,13-14,23,25-26H2,1H3,(H,40,44). The highest BCUT2D eigenvalue weighted by molar-refractivity contribution is 7.92. The summed E-state index contributed by atoms with van der Waals surface area (Å²) in [7, 11) is -4.21. The molecule has 4 aromatic rings.